The lowest BCUT2D eigenvalue weighted by molar-refractivity contribution is -0.146. The van der Waals surface area contributed by atoms with Crippen LogP contribution >= 0.6 is 0 Å². The quantitative estimate of drug-likeness (QED) is 0.694. The summed E-state index contributed by atoms with van der Waals surface area (Å²) < 4.78 is 32.6. The highest BCUT2D eigenvalue weighted by Gasteiger charge is 2.12. The Morgan fingerprint density at radius 2 is 1.85 bits per heavy atom. The fraction of sp³-hybridized carbons (Fsp3) is 0.176. The molecule has 138 valence electrons. The second-order valence-corrected chi connectivity index (χ2v) is 6.87. The number of primary sulfonamides is 1. The van der Waals surface area contributed by atoms with E-state index in [9.17, 15) is 18.0 Å². The molecule has 9 heteroatoms. The maximum absolute atomic E-state index is 11.8. The molecular formula is C17H18N2O6S. The summed E-state index contributed by atoms with van der Waals surface area (Å²) in [6.45, 7) is -0.498. The van der Waals surface area contributed by atoms with Gasteiger partial charge in [0.25, 0.3) is 5.91 Å². The number of hydrogen-bond donors (Lipinski definition) is 2. The van der Waals surface area contributed by atoms with E-state index in [-0.39, 0.29) is 17.0 Å². The number of nitrogens with one attached hydrogen (secondary N) is 1. The number of ether oxygens (including phenoxy) is 2. The molecule has 0 saturated heterocycles. The summed E-state index contributed by atoms with van der Waals surface area (Å²) in [5.74, 6) is -0.565. The topological polar surface area (TPSA) is 125 Å². The lowest BCUT2D eigenvalue weighted by atomic mass is 10.1. The monoisotopic (exact) mass is 378 g/mol. The van der Waals surface area contributed by atoms with Crippen molar-refractivity contribution < 1.29 is 27.5 Å². The van der Waals surface area contributed by atoms with Crippen LogP contribution in [0.5, 0.6) is 5.75 Å². The van der Waals surface area contributed by atoms with E-state index in [1.165, 1.54) is 31.4 Å². The van der Waals surface area contributed by atoms with E-state index in [1.54, 1.807) is 24.3 Å². The first kappa shape index (κ1) is 19.4. The van der Waals surface area contributed by atoms with Crippen molar-refractivity contribution in [3.8, 4) is 5.75 Å². The molecule has 3 N–H and O–H groups in total. The summed E-state index contributed by atoms with van der Waals surface area (Å²) in [4.78, 5) is 23.5. The van der Waals surface area contributed by atoms with Gasteiger partial charge in [0.2, 0.25) is 10.0 Å². The van der Waals surface area contributed by atoms with Crippen LogP contribution < -0.4 is 15.2 Å². The Bertz CT molecular complexity index is 911. The van der Waals surface area contributed by atoms with Gasteiger partial charge < -0.3 is 14.8 Å². The third-order valence-corrected chi connectivity index (χ3v) is 4.20. The molecule has 2 aromatic carbocycles. The third-order valence-electron chi connectivity index (χ3n) is 3.29. The Kier molecular flexibility index (Phi) is 6.31. The van der Waals surface area contributed by atoms with Gasteiger partial charge in [-0.05, 0) is 35.9 Å². The molecule has 0 bridgehead atoms. The van der Waals surface area contributed by atoms with Crippen molar-refractivity contribution in [1.82, 2.24) is 0 Å². The SMILES string of the molecule is COc1cccc(CC(=O)OCC(=O)Nc2cccc(S(N)(=O)=O)c2)c1. The number of nitrogens with two attached hydrogens (primary N) is 1. The van der Waals surface area contributed by atoms with Crippen molar-refractivity contribution in [3.63, 3.8) is 0 Å². The molecule has 0 aliphatic carbocycles. The van der Waals surface area contributed by atoms with Crippen molar-refractivity contribution >= 4 is 27.6 Å². The molecule has 0 spiro atoms. The van der Waals surface area contributed by atoms with Crippen molar-refractivity contribution in [1.29, 1.82) is 0 Å². The Morgan fingerprint density at radius 1 is 1.12 bits per heavy atom. The molecule has 0 atom stereocenters. The van der Waals surface area contributed by atoms with Gasteiger partial charge in [0.05, 0.1) is 18.4 Å². The fourth-order valence-electron chi connectivity index (χ4n) is 2.09. The number of methoxy groups -OCH3 is 1. The normalized spacial score (nSPS) is 10.8. The summed E-state index contributed by atoms with van der Waals surface area (Å²) in [7, 11) is -2.35. The van der Waals surface area contributed by atoms with Crippen LogP contribution in [0.3, 0.4) is 0 Å². The number of benzene rings is 2. The number of sulfonamides is 1. The second-order valence-electron chi connectivity index (χ2n) is 5.31. The molecule has 26 heavy (non-hydrogen) atoms. The predicted octanol–water partition coefficient (Wildman–Crippen LogP) is 1.07. The molecule has 1 amide bonds. The number of anilines is 1. The Morgan fingerprint density at radius 3 is 2.54 bits per heavy atom. The molecule has 8 nitrogen and oxygen atoms in total. The van der Waals surface area contributed by atoms with Crippen LogP contribution in [0.15, 0.2) is 53.4 Å². The Hall–Kier alpha value is -2.91. The summed E-state index contributed by atoms with van der Waals surface area (Å²) in [6, 6.07) is 12.4. The van der Waals surface area contributed by atoms with Gasteiger partial charge in [0.1, 0.15) is 5.75 Å². The van der Waals surface area contributed by atoms with Gasteiger partial charge in [-0.3, -0.25) is 9.59 Å². The minimum absolute atomic E-state index is 0.00855. The summed E-state index contributed by atoms with van der Waals surface area (Å²) in [6.07, 6.45) is -0.00855. The van der Waals surface area contributed by atoms with E-state index in [0.717, 1.165) is 0 Å². The minimum atomic E-state index is -3.87. The zero-order chi connectivity index (χ0) is 19.2. The van der Waals surface area contributed by atoms with Crippen LogP contribution in [0.2, 0.25) is 0 Å². The Balaban J connectivity index is 1.87. The van der Waals surface area contributed by atoms with E-state index >= 15 is 0 Å². The van der Waals surface area contributed by atoms with E-state index in [1.807, 2.05) is 0 Å². The van der Waals surface area contributed by atoms with Gasteiger partial charge in [-0.15, -0.1) is 0 Å². The zero-order valence-electron chi connectivity index (χ0n) is 14.0. The van der Waals surface area contributed by atoms with Gasteiger partial charge >= 0.3 is 5.97 Å². The van der Waals surface area contributed by atoms with Crippen molar-refractivity contribution in [2.24, 2.45) is 5.14 Å². The second kappa shape index (κ2) is 8.45. The largest absolute Gasteiger partial charge is 0.497 e. The van der Waals surface area contributed by atoms with Gasteiger partial charge in [-0.25, -0.2) is 13.6 Å². The van der Waals surface area contributed by atoms with Crippen molar-refractivity contribution in [2.75, 3.05) is 19.0 Å². The van der Waals surface area contributed by atoms with E-state index in [0.29, 0.717) is 11.3 Å². The molecule has 0 fully saturated rings. The lowest BCUT2D eigenvalue weighted by Gasteiger charge is -2.08. The number of amides is 1. The van der Waals surface area contributed by atoms with Crippen LogP contribution in [0.4, 0.5) is 5.69 Å². The summed E-state index contributed by atoms with van der Waals surface area (Å²) in [5, 5.41) is 7.47. The maximum Gasteiger partial charge on any atom is 0.310 e. The molecule has 0 heterocycles. The highest BCUT2D eigenvalue weighted by molar-refractivity contribution is 7.89. The first-order chi connectivity index (χ1) is 12.3. The summed E-state index contributed by atoms with van der Waals surface area (Å²) >= 11 is 0. The molecule has 0 radical (unpaired) electrons. The highest BCUT2D eigenvalue weighted by atomic mass is 32.2. The van der Waals surface area contributed by atoms with Crippen LogP contribution in [0.1, 0.15) is 5.56 Å². The molecule has 0 aromatic heterocycles. The molecule has 0 aliphatic rings. The first-order valence-electron chi connectivity index (χ1n) is 7.49. The van der Waals surface area contributed by atoms with Gasteiger partial charge in [-0.1, -0.05) is 18.2 Å². The van der Waals surface area contributed by atoms with Crippen molar-refractivity contribution in [2.45, 2.75) is 11.3 Å². The first-order valence-corrected chi connectivity index (χ1v) is 9.04. The predicted molar refractivity (Wildman–Crippen MR) is 94.1 cm³/mol. The molecule has 2 rings (SSSR count). The van der Waals surface area contributed by atoms with Crippen LogP contribution in [0.25, 0.3) is 0 Å². The van der Waals surface area contributed by atoms with Crippen LogP contribution in [-0.2, 0) is 30.8 Å². The average Bonchev–Trinajstić information content (AvgIpc) is 2.59. The average molecular weight is 378 g/mol. The maximum atomic E-state index is 11.8. The van der Waals surface area contributed by atoms with Gasteiger partial charge in [0.15, 0.2) is 6.61 Å². The third kappa shape index (κ3) is 5.87. The van der Waals surface area contributed by atoms with E-state index < -0.39 is 28.5 Å². The number of esters is 1. The molecule has 2 aromatic rings. The van der Waals surface area contributed by atoms with E-state index in [2.05, 4.69) is 5.32 Å². The zero-order valence-corrected chi connectivity index (χ0v) is 14.8. The number of carbonyl (C=O) groups is 2. The van der Waals surface area contributed by atoms with Gasteiger partial charge in [0, 0.05) is 5.69 Å². The van der Waals surface area contributed by atoms with Crippen LogP contribution in [0, 0.1) is 0 Å². The van der Waals surface area contributed by atoms with Crippen molar-refractivity contribution in [3.05, 3.63) is 54.1 Å². The number of hydrogen-bond acceptors (Lipinski definition) is 6. The number of carbonyl (C=O) groups excluding carboxylic acids is 2. The van der Waals surface area contributed by atoms with E-state index in [4.69, 9.17) is 14.6 Å². The smallest absolute Gasteiger partial charge is 0.310 e. The number of rotatable bonds is 7. The summed E-state index contributed by atoms with van der Waals surface area (Å²) in [5.41, 5.74) is 0.918. The lowest BCUT2D eigenvalue weighted by Crippen LogP contribution is -2.22. The highest BCUT2D eigenvalue weighted by Crippen LogP contribution is 2.15. The molecule has 0 unspecified atom stereocenters. The minimum Gasteiger partial charge on any atom is -0.497 e. The van der Waals surface area contributed by atoms with Crippen LogP contribution in [-0.4, -0.2) is 34.0 Å². The fourth-order valence-corrected chi connectivity index (χ4v) is 2.65. The molecule has 0 aliphatic heterocycles. The Labute approximate surface area is 151 Å². The molecular weight excluding hydrogens is 360 g/mol. The van der Waals surface area contributed by atoms with Gasteiger partial charge in [-0.2, -0.15) is 0 Å². The standard InChI is InChI=1S/C17H18N2O6S/c1-24-14-6-2-4-12(8-14)9-17(21)25-11-16(20)19-13-5-3-7-15(10-13)26(18,22)23/h2-8,10H,9,11H2,1H3,(H,19,20)(H2,18,22,23). The molecule has 0 saturated carbocycles.